The Balaban J connectivity index is 1.24. The van der Waals surface area contributed by atoms with E-state index in [-0.39, 0.29) is 17.9 Å². The van der Waals surface area contributed by atoms with E-state index in [9.17, 15) is 9.59 Å². The molecule has 0 spiro atoms. The predicted molar refractivity (Wildman–Crippen MR) is 139 cm³/mol. The number of likely N-dealkylation sites (tertiary alicyclic amines) is 1. The van der Waals surface area contributed by atoms with Crippen molar-refractivity contribution in [3.63, 3.8) is 0 Å². The minimum Gasteiger partial charge on any atom is -0.345 e. The van der Waals surface area contributed by atoms with Gasteiger partial charge in [-0.05, 0) is 87.7 Å². The van der Waals surface area contributed by atoms with Gasteiger partial charge in [0.05, 0.1) is 5.56 Å². The molecule has 192 valence electrons. The Morgan fingerprint density at radius 2 is 1.94 bits per heavy atom. The maximum atomic E-state index is 13.7. The summed E-state index contributed by atoms with van der Waals surface area (Å²) in [6, 6.07) is 10.4. The Kier molecular flexibility index (Phi) is 7.95. The van der Waals surface area contributed by atoms with Gasteiger partial charge in [-0.25, -0.2) is 0 Å². The molecule has 2 amide bonds. The van der Waals surface area contributed by atoms with E-state index in [1.54, 1.807) is 18.6 Å². The Hall–Kier alpha value is -2.80. The second-order valence-electron chi connectivity index (χ2n) is 10.8. The molecule has 4 atom stereocenters. The van der Waals surface area contributed by atoms with Crippen LogP contribution in [0.5, 0.6) is 0 Å². The third kappa shape index (κ3) is 5.46. The first kappa shape index (κ1) is 24.9. The number of amides is 2. The molecule has 2 aromatic rings. The molecule has 3 aliphatic heterocycles. The third-order valence-corrected chi connectivity index (χ3v) is 8.59. The fourth-order valence-corrected chi connectivity index (χ4v) is 6.86. The first-order valence-corrected chi connectivity index (χ1v) is 13.7. The van der Waals surface area contributed by atoms with Gasteiger partial charge >= 0.3 is 0 Å². The Bertz CT molecular complexity index is 1010. The smallest absolute Gasteiger partial charge is 0.255 e. The number of hydrogen-bond donors (Lipinski definition) is 0. The summed E-state index contributed by atoms with van der Waals surface area (Å²) < 4.78 is 0. The average molecular weight is 490 g/mol. The van der Waals surface area contributed by atoms with Gasteiger partial charge in [-0.15, -0.1) is 0 Å². The number of nitrogens with zero attached hydrogens (tertiary/aromatic N) is 5. The molecule has 0 N–H and O–H groups in total. The van der Waals surface area contributed by atoms with Crippen LogP contribution < -0.4 is 0 Å². The van der Waals surface area contributed by atoms with Gasteiger partial charge in [0.15, 0.2) is 0 Å². The molecule has 3 fully saturated rings. The fourth-order valence-electron chi connectivity index (χ4n) is 6.86. The topological polar surface area (TPSA) is 69.6 Å². The molecule has 2 aromatic heterocycles. The van der Waals surface area contributed by atoms with Gasteiger partial charge in [0, 0.05) is 69.3 Å². The molecule has 3 saturated heterocycles. The molecule has 0 radical (unpaired) electrons. The number of aromatic nitrogens is 2. The Labute approximate surface area is 214 Å². The van der Waals surface area contributed by atoms with E-state index in [0.29, 0.717) is 36.4 Å². The largest absolute Gasteiger partial charge is 0.345 e. The fraction of sp³-hybridized carbons (Fsp3) is 0.586. The third-order valence-electron chi connectivity index (χ3n) is 8.59. The highest BCUT2D eigenvalue weighted by Gasteiger charge is 2.49. The number of piperidine rings is 3. The first-order chi connectivity index (χ1) is 17.6. The van der Waals surface area contributed by atoms with Crippen LogP contribution in [0.3, 0.4) is 0 Å². The second-order valence-corrected chi connectivity index (χ2v) is 10.8. The Morgan fingerprint density at radius 1 is 1.08 bits per heavy atom. The molecule has 0 aliphatic carbocycles. The molecular weight excluding hydrogens is 450 g/mol. The molecular formula is C29H39N5O2. The summed E-state index contributed by atoms with van der Waals surface area (Å²) >= 11 is 0. The van der Waals surface area contributed by atoms with Crippen molar-refractivity contribution in [2.75, 3.05) is 33.2 Å². The number of likely N-dealkylation sites (N-methyl/N-ethyl adjacent to an activating group) is 1. The van der Waals surface area contributed by atoms with Crippen LogP contribution in [-0.4, -0.2) is 81.8 Å². The molecule has 0 unspecified atom stereocenters. The molecule has 7 nitrogen and oxygen atoms in total. The summed E-state index contributed by atoms with van der Waals surface area (Å²) in [5.41, 5.74) is 1.68. The zero-order valence-electron chi connectivity index (χ0n) is 21.5. The van der Waals surface area contributed by atoms with Gasteiger partial charge in [-0.1, -0.05) is 6.07 Å². The van der Waals surface area contributed by atoms with Crippen molar-refractivity contribution in [3.05, 3.63) is 60.2 Å². The highest BCUT2D eigenvalue weighted by atomic mass is 16.2. The minimum atomic E-state index is 0.105. The summed E-state index contributed by atoms with van der Waals surface area (Å²) in [4.78, 5) is 41.8. The van der Waals surface area contributed by atoms with Crippen molar-refractivity contribution >= 4 is 11.8 Å². The van der Waals surface area contributed by atoms with Crippen LogP contribution in [-0.2, 0) is 11.2 Å². The monoisotopic (exact) mass is 489 g/mol. The van der Waals surface area contributed by atoms with Gasteiger partial charge < -0.3 is 9.80 Å². The number of carbonyl (C=O) groups excluding carboxylic acids is 2. The highest BCUT2D eigenvalue weighted by Crippen LogP contribution is 2.43. The molecule has 3 aliphatic rings. The van der Waals surface area contributed by atoms with E-state index in [1.807, 2.05) is 42.3 Å². The van der Waals surface area contributed by atoms with Crippen molar-refractivity contribution in [2.24, 2.45) is 11.8 Å². The van der Waals surface area contributed by atoms with Crippen LogP contribution in [0.15, 0.2) is 48.9 Å². The quantitative estimate of drug-likeness (QED) is 0.566. The van der Waals surface area contributed by atoms with E-state index < -0.39 is 0 Å². The summed E-state index contributed by atoms with van der Waals surface area (Å²) in [5.74, 6) is 1.33. The standard InChI is InChI=1S/C29H39N5O2/c1-32(19-14-24-10-2-3-16-31-24)27(35)13-4-12-26-25-11-7-18-33-17-6-9-23(28(25)33)21-34(26)29(36)22-8-5-15-30-20-22/h2-3,5,8,10,15-16,20,23,25-26,28H,4,6-7,9,11-14,17-19,21H2,1H3/t23-,25+,26+,28-/m0/s1. The summed E-state index contributed by atoms with van der Waals surface area (Å²) in [6.45, 7) is 3.89. The van der Waals surface area contributed by atoms with Crippen LogP contribution in [0.25, 0.3) is 0 Å². The second kappa shape index (κ2) is 11.5. The van der Waals surface area contributed by atoms with E-state index in [4.69, 9.17) is 0 Å². The van der Waals surface area contributed by atoms with Gasteiger partial charge in [0.25, 0.3) is 5.91 Å². The van der Waals surface area contributed by atoms with Crippen molar-refractivity contribution in [1.82, 2.24) is 24.7 Å². The first-order valence-electron chi connectivity index (χ1n) is 13.7. The predicted octanol–water partition coefficient (Wildman–Crippen LogP) is 3.66. The molecule has 0 bridgehead atoms. The number of hydrogen-bond acceptors (Lipinski definition) is 5. The number of rotatable bonds is 8. The molecule has 0 saturated carbocycles. The zero-order chi connectivity index (χ0) is 24.9. The van der Waals surface area contributed by atoms with Crippen molar-refractivity contribution in [2.45, 2.75) is 63.5 Å². The lowest BCUT2D eigenvalue weighted by atomic mass is 9.69. The van der Waals surface area contributed by atoms with Gasteiger partial charge in [0.1, 0.15) is 0 Å². The lowest BCUT2D eigenvalue weighted by molar-refractivity contribution is -0.130. The van der Waals surface area contributed by atoms with Crippen LogP contribution in [0.1, 0.15) is 61.0 Å². The zero-order valence-corrected chi connectivity index (χ0v) is 21.5. The van der Waals surface area contributed by atoms with Crippen molar-refractivity contribution in [1.29, 1.82) is 0 Å². The van der Waals surface area contributed by atoms with Gasteiger partial charge in [-0.3, -0.25) is 24.5 Å². The van der Waals surface area contributed by atoms with E-state index >= 15 is 0 Å². The number of pyridine rings is 2. The minimum absolute atomic E-state index is 0.105. The molecule has 5 heterocycles. The van der Waals surface area contributed by atoms with E-state index in [2.05, 4.69) is 19.8 Å². The van der Waals surface area contributed by atoms with Crippen LogP contribution in [0, 0.1) is 11.8 Å². The number of carbonyl (C=O) groups is 2. The molecule has 36 heavy (non-hydrogen) atoms. The van der Waals surface area contributed by atoms with E-state index in [1.165, 1.54) is 38.8 Å². The highest BCUT2D eigenvalue weighted by molar-refractivity contribution is 5.94. The van der Waals surface area contributed by atoms with Crippen LogP contribution >= 0.6 is 0 Å². The maximum Gasteiger partial charge on any atom is 0.255 e. The van der Waals surface area contributed by atoms with E-state index in [0.717, 1.165) is 31.5 Å². The SMILES string of the molecule is CN(CCc1ccccn1)C(=O)CCC[C@@H]1[C@H]2CCCN3CCC[C@@H](CN1C(=O)c1cccnc1)[C@@H]23. The molecule has 5 rings (SSSR count). The van der Waals surface area contributed by atoms with Crippen LogP contribution in [0.2, 0.25) is 0 Å². The van der Waals surface area contributed by atoms with Crippen molar-refractivity contribution < 1.29 is 9.59 Å². The van der Waals surface area contributed by atoms with Crippen molar-refractivity contribution in [3.8, 4) is 0 Å². The average Bonchev–Trinajstić information content (AvgIpc) is 2.93. The summed E-state index contributed by atoms with van der Waals surface area (Å²) in [5, 5.41) is 0. The lowest BCUT2D eigenvalue weighted by Gasteiger charge is -2.57. The van der Waals surface area contributed by atoms with Gasteiger partial charge in [-0.2, -0.15) is 0 Å². The summed E-state index contributed by atoms with van der Waals surface area (Å²) in [6.07, 6.45) is 13.0. The summed E-state index contributed by atoms with van der Waals surface area (Å²) in [7, 11) is 1.88. The Morgan fingerprint density at radius 3 is 2.72 bits per heavy atom. The van der Waals surface area contributed by atoms with Gasteiger partial charge in [0.2, 0.25) is 5.91 Å². The van der Waals surface area contributed by atoms with Crippen LogP contribution in [0.4, 0.5) is 0 Å². The lowest BCUT2D eigenvalue weighted by Crippen LogP contribution is -2.65. The molecule has 7 heteroatoms. The molecule has 0 aromatic carbocycles. The normalized spacial score (nSPS) is 25.8. The maximum absolute atomic E-state index is 13.7.